The van der Waals surface area contributed by atoms with Crippen molar-refractivity contribution in [2.24, 2.45) is 10.7 Å². The van der Waals surface area contributed by atoms with E-state index in [4.69, 9.17) is 10.5 Å². The largest absolute Gasteiger partial charge is 0.377 e. The Hall–Kier alpha value is -0.860. The molecule has 23 heavy (non-hydrogen) atoms. The third-order valence-electron chi connectivity index (χ3n) is 3.55. The summed E-state index contributed by atoms with van der Waals surface area (Å²) in [6.07, 6.45) is 1.05. The molecule has 0 saturated heterocycles. The Morgan fingerprint density at radius 1 is 1.30 bits per heavy atom. The molecule has 1 rings (SSSR count). The zero-order valence-corrected chi connectivity index (χ0v) is 17.3. The molecule has 0 fully saturated rings. The summed E-state index contributed by atoms with van der Waals surface area (Å²) in [6, 6.07) is 6.16. The molecule has 0 aliphatic heterocycles. The second-order valence-corrected chi connectivity index (χ2v) is 5.82. The van der Waals surface area contributed by atoms with Crippen LogP contribution in [0.15, 0.2) is 23.2 Å². The van der Waals surface area contributed by atoms with E-state index in [9.17, 15) is 0 Å². The zero-order valence-electron chi connectivity index (χ0n) is 14.9. The van der Waals surface area contributed by atoms with Crippen LogP contribution in [0.5, 0.6) is 0 Å². The van der Waals surface area contributed by atoms with Gasteiger partial charge in [0.2, 0.25) is 0 Å². The van der Waals surface area contributed by atoms with Crippen LogP contribution in [0.25, 0.3) is 0 Å². The number of halogens is 1. The highest BCUT2D eigenvalue weighted by molar-refractivity contribution is 14.0. The molecular formula is C17H31IN4O. The lowest BCUT2D eigenvalue weighted by atomic mass is 10.1. The Labute approximate surface area is 157 Å². The molecule has 6 heteroatoms. The first-order chi connectivity index (χ1) is 10.4. The predicted molar refractivity (Wildman–Crippen MR) is 110 cm³/mol. The van der Waals surface area contributed by atoms with Crippen LogP contribution in [0.1, 0.15) is 24.5 Å². The van der Waals surface area contributed by atoms with E-state index >= 15 is 0 Å². The van der Waals surface area contributed by atoms with Gasteiger partial charge in [0.1, 0.15) is 0 Å². The third-order valence-corrected chi connectivity index (χ3v) is 3.55. The van der Waals surface area contributed by atoms with Gasteiger partial charge in [0, 0.05) is 18.8 Å². The number of nitrogens with one attached hydrogen (secondary N) is 1. The molecule has 0 radical (unpaired) electrons. The van der Waals surface area contributed by atoms with Gasteiger partial charge in [0.05, 0.1) is 12.6 Å². The van der Waals surface area contributed by atoms with Crippen LogP contribution in [-0.2, 0) is 4.74 Å². The summed E-state index contributed by atoms with van der Waals surface area (Å²) in [5.41, 5.74) is 9.43. The number of hydrogen-bond donors (Lipinski definition) is 2. The van der Waals surface area contributed by atoms with Gasteiger partial charge in [-0.3, -0.25) is 4.99 Å². The number of aliphatic imine (C=N–C) groups is 1. The zero-order chi connectivity index (χ0) is 16.5. The summed E-state index contributed by atoms with van der Waals surface area (Å²) in [4.78, 5) is 6.55. The Bertz CT molecular complexity index is 491. The maximum absolute atomic E-state index is 5.97. The van der Waals surface area contributed by atoms with Gasteiger partial charge in [-0.2, -0.15) is 0 Å². The molecule has 0 heterocycles. The summed E-state index contributed by atoms with van der Waals surface area (Å²) in [5, 5.41) is 3.13. The number of rotatable bonds is 8. The summed E-state index contributed by atoms with van der Waals surface area (Å²) in [6.45, 7) is 8.42. The van der Waals surface area contributed by atoms with Gasteiger partial charge >= 0.3 is 0 Å². The molecule has 0 aliphatic carbocycles. The molecule has 0 aromatic heterocycles. The molecule has 0 amide bonds. The van der Waals surface area contributed by atoms with E-state index in [1.54, 1.807) is 0 Å². The van der Waals surface area contributed by atoms with Crippen molar-refractivity contribution < 1.29 is 4.74 Å². The molecule has 1 unspecified atom stereocenters. The monoisotopic (exact) mass is 434 g/mol. The van der Waals surface area contributed by atoms with Crippen LogP contribution in [-0.4, -0.2) is 50.8 Å². The molecule has 132 valence electrons. The van der Waals surface area contributed by atoms with Gasteiger partial charge in [0.25, 0.3) is 0 Å². The molecule has 0 bridgehead atoms. The van der Waals surface area contributed by atoms with E-state index in [-0.39, 0.29) is 30.1 Å². The minimum Gasteiger partial charge on any atom is -0.377 e. The van der Waals surface area contributed by atoms with E-state index in [0.29, 0.717) is 19.1 Å². The first-order valence-corrected chi connectivity index (χ1v) is 7.83. The highest BCUT2D eigenvalue weighted by Crippen LogP contribution is 2.13. The summed E-state index contributed by atoms with van der Waals surface area (Å²) < 4.78 is 5.71. The molecule has 0 spiro atoms. The fraction of sp³-hybridized carbons (Fsp3) is 0.588. The summed E-state index contributed by atoms with van der Waals surface area (Å²) in [5.74, 6) is 0.429. The Kier molecular flexibility index (Phi) is 11.2. The Morgan fingerprint density at radius 2 is 2.00 bits per heavy atom. The lowest BCUT2D eigenvalue weighted by molar-refractivity contribution is 0.0583. The van der Waals surface area contributed by atoms with E-state index in [2.05, 4.69) is 55.3 Å². The van der Waals surface area contributed by atoms with Crippen LogP contribution >= 0.6 is 24.0 Å². The van der Waals surface area contributed by atoms with Crippen molar-refractivity contribution in [1.29, 1.82) is 0 Å². The Morgan fingerprint density at radius 3 is 2.57 bits per heavy atom. The molecule has 0 aliphatic rings. The molecule has 1 aromatic rings. The maximum atomic E-state index is 5.97. The van der Waals surface area contributed by atoms with Gasteiger partial charge in [0.15, 0.2) is 5.96 Å². The lowest BCUT2D eigenvalue weighted by Gasteiger charge is -2.18. The summed E-state index contributed by atoms with van der Waals surface area (Å²) in [7, 11) is 4.11. The van der Waals surface area contributed by atoms with Crippen LogP contribution in [0.4, 0.5) is 5.69 Å². The van der Waals surface area contributed by atoms with Gasteiger partial charge in [-0.05, 0) is 64.5 Å². The van der Waals surface area contributed by atoms with E-state index in [1.165, 1.54) is 11.1 Å². The smallest absolute Gasteiger partial charge is 0.193 e. The molecule has 3 N–H and O–H groups in total. The third kappa shape index (κ3) is 9.12. The fourth-order valence-corrected chi connectivity index (χ4v) is 2.07. The first kappa shape index (κ1) is 22.1. The fourth-order valence-electron chi connectivity index (χ4n) is 2.07. The number of benzene rings is 1. The van der Waals surface area contributed by atoms with Crippen LogP contribution < -0.4 is 11.1 Å². The van der Waals surface area contributed by atoms with Crippen molar-refractivity contribution in [3.05, 3.63) is 29.3 Å². The predicted octanol–water partition coefficient (Wildman–Crippen LogP) is 3.00. The minimum absolute atomic E-state index is 0. The summed E-state index contributed by atoms with van der Waals surface area (Å²) >= 11 is 0. The first-order valence-electron chi connectivity index (χ1n) is 7.83. The average molecular weight is 434 g/mol. The van der Waals surface area contributed by atoms with Crippen molar-refractivity contribution in [2.45, 2.75) is 33.3 Å². The second kappa shape index (κ2) is 11.6. The highest BCUT2D eigenvalue weighted by atomic mass is 127. The number of hydrogen-bond acceptors (Lipinski definition) is 3. The average Bonchev–Trinajstić information content (AvgIpc) is 2.46. The SMILES string of the molecule is CCOC(CCN(C)C)CN=C(N)Nc1ccc(C)c(C)c1.I. The molecular weight excluding hydrogens is 403 g/mol. The maximum Gasteiger partial charge on any atom is 0.193 e. The van der Waals surface area contributed by atoms with Crippen molar-refractivity contribution in [3.8, 4) is 0 Å². The van der Waals surface area contributed by atoms with Crippen molar-refractivity contribution in [1.82, 2.24) is 4.90 Å². The van der Waals surface area contributed by atoms with Gasteiger partial charge in [-0.15, -0.1) is 24.0 Å². The van der Waals surface area contributed by atoms with Crippen LogP contribution in [0.2, 0.25) is 0 Å². The van der Waals surface area contributed by atoms with Gasteiger partial charge in [-0.1, -0.05) is 6.07 Å². The number of anilines is 1. The second-order valence-electron chi connectivity index (χ2n) is 5.82. The minimum atomic E-state index is 0. The normalized spacial score (nSPS) is 12.9. The van der Waals surface area contributed by atoms with E-state index in [1.807, 2.05) is 13.0 Å². The molecule has 1 atom stereocenters. The topological polar surface area (TPSA) is 62.9 Å². The number of guanidine groups is 1. The van der Waals surface area contributed by atoms with Crippen molar-refractivity contribution in [2.75, 3.05) is 39.1 Å². The molecule has 0 saturated carbocycles. The van der Waals surface area contributed by atoms with E-state index in [0.717, 1.165) is 18.7 Å². The lowest BCUT2D eigenvalue weighted by Crippen LogP contribution is -2.28. The number of nitrogens with zero attached hydrogens (tertiary/aromatic N) is 2. The molecule has 1 aromatic carbocycles. The van der Waals surface area contributed by atoms with Crippen LogP contribution in [0, 0.1) is 13.8 Å². The van der Waals surface area contributed by atoms with E-state index < -0.39 is 0 Å². The number of ether oxygens (including phenoxy) is 1. The number of nitrogens with two attached hydrogens (primary N) is 1. The van der Waals surface area contributed by atoms with Crippen molar-refractivity contribution >= 4 is 35.6 Å². The van der Waals surface area contributed by atoms with Crippen molar-refractivity contribution in [3.63, 3.8) is 0 Å². The highest BCUT2D eigenvalue weighted by Gasteiger charge is 2.08. The van der Waals surface area contributed by atoms with Gasteiger partial charge < -0.3 is 20.7 Å². The van der Waals surface area contributed by atoms with Crippen LogP contribution in [0.3, 0.4) is 0 Å². The quantitative estimate of drug-likeness (QED) is 0.375. The molecule has 5 nitrogen and oxygen atoms in total. The standard InChI is InChI=1S/C17H30N4O.HI/c1-6-22-16(9-10-21(4)5)12-19-17(18)20-15-8-7-13(2)14(3)11-15;/h7-8,11,16H,6,9-10,12H2,1-5H3,(H3,18,19,20);1H. The van der Waals surface area contributed by atoms with Gasteiger partial charge in [-0.25, -0.2) is 0 Å². The number of aryl methyl sites for hydroxylation is 2. The Balaban J connectivity index is 0.00000484.